The molecule has 15 aromatic rings. The molecule has 0 unspecified atom stereocenters. The number of aromatic nitrogens is 5. The second kappa shape index (κ2) is 22.5. The summed E-state index contributed by atoms with van der Waals surface area (Å²) in [6.45, 7) is 16.9. The van der Waals surface area contributed by atoms with E-state index in [4.69, 9.17) is 15.0 Å². The van der Waals surface area contributed by atoms with Crippen molar-refractivity contribution >= 4 is 43.6 Å². The van der Waals surface area contributed by atoms with Crippen molar-refractivity contribution < 1.29 is 13.2 Å². The summed E-state index contributed by atoms with van der Waals surface area (Å²) in [4.78, 5) is 15.6. The van der Waals surface area contributed by atoms with E-state index in [1.807, 2.05) is 77.4 Å². The van der Waals surface area contributed by atoms with Crippen molar-refractivity contribution in [3.63, 3.8) is 0 Å². The van der Waals surface area contributed by atoms with Crippen LogP contribution >= 0.6 is 0 Å². The number of rotatable bonds is 10. The van der Waals surface area contributed by atoms with E-state index in [0.29, 0.717) is 39.9 Å². The van der Waals surface area contributed by atoms with Gasteiger partial charge in [0.1, 0.15) is 0 Å². The molecule has 3 aromatic heterocycles. The van der Waals surface area contributed by atoms with Gasteiger partial charge in [-0.25, -0.2) is 15.0 Å². The minimum Gasteiger partial charge on any atom is -0.309 e. The third kappa shape index (κ3) is 10.6. The van der Waals surface area contributed by atoms with E-state index in [0.717, 1.165) is 127 Å². The lowest BCUT2D eigenvalue weighted by Crippen LogP contribution is -2.08. The predicted molar refractivity (Wildman–Crippen MR) is 375 cm³/mol. The van der Waals surface area contributed by atoms with Gasteiger partial charge in [0, 0.05) is 49.4 Å². The average molecular weight is 1200 g/mol. The quantitative estimate of drug-likeness (QED) is 0.137. The molecule has 0 atom stereocenters. The Kier molecular flexibility index (Phi) is 14.1. The molecule has 0 spiro atoms. The molecule has 8 heteroatoms. The molecule has 0 aliphatic rings. The van der Waals surface area contributed by atoms with Crippen LogP contribution in [-0.4, -0.2) is 24.1 Å². The van der Waals surface area contributed by atoms with Crippen LogP contribution in [0.5, 0.6) is 0 Å². The molecule has 0 aliphatic carbocycles. The second-order valence-electron chi connectivity index (χ2n) is 25.1. The summed E-state index contributed by atoms with van der Waals surface area (Å²) in [6, 6.07) is 82.7. The molecule has 3 heterocycles. The molecular formula is C84H64F3N5. The highest BCUT2D eigenvalue weighted by Crippen LogP contribution is 2.47. The Morgan fingerprint density at radius 1 is 0.250 bits per heavy atom. The summed E-state index contributed by atoms with van der Waals surface area (Å²) < 4.78 is 51.6. The van der Waals surface area contributed by atoms with Crippen LogP contribution in [0, 0.1) is 55.4 Å². The van der Waals surface area contributed by atoms with E-state index in [-0.39, 0.29) is 0 Å². The number of nitrogens with zero attached hydrogens (tertiary/aromatic N) is 5. The Hall–Kier alpha value is -11.0. The van der Waals surface area contributed by atoms with Crippen molar-refractivity contribution in [3.05, 3.63) is 293 Å². The predicted octanol–water partition coefficient (Wildman–Crippen LogP) is 22.9. The van der Waals surface area contributed by atoms with Crippen molar-refractivity contribution in [1.82, 2.24) is 24.1 Å². The molecule has 0 fully saturated rings. The van der Waals surface area contributed by atoms with Gasteiger partial charge < -0.3 is 9.13 Å². The smallest absolute Gasteiger partial charge is 0.309 e. The van der Waals surface area contributed by atoms with Crippen LogP contribution < -0.4 is 0 Å². The zero-order valence-corrected chi connectivity index (χ0v) is 52.5. The van der Waals surface area contributed by atoms with Gasteiger partial charge in [-0.2, -0.15) is 13.2 Å². The monoisotopic (exact) mass is 1200 g/mol. The van der Waals surface area contributed by atoms with Crippen LogP contribution in [0.3, 0.4) is 0 Å². The lowest BCUT2D eigenvalue weighted by molar-refractivity contribution is -0.137. The highest BCUT2D eigenvalue weighted by Gasteiger charge is 2.33. The minimum atomic E-state index is -4.68. The molecule has 92 heavy (non-hydrogen) atoms. The highest BCUT2D eigenvalue weighted by atomic mass is 19.4. The van der Waals surface area contributed by atoms with Crippen molar-refractivity contribution in [2.75, 3.05) is 0 Å². The Balaban J connectivity index is 1.05. The SMILES string of the molecule is Cc1cc(C)cc(-c2ccc3c(c2)c2cc(-c4cc(C)cc(C)c4)ccc2n3-c2cc(-c3nc(-c4ccccc4)nc(-c4ccccc4)n3)ccc2-c2ccc(C(F)(F)F)cc2-n2c3ccc(-c4cc(C)cc(C)c4)cc3c3cc(-c4cc(C)cc(C)c4)ccc32)c1. The van der Waals surface area contributed by atoms with Gasteiger partial charge in [-0.05, 0) is 167 Å². The Morgan fingerprint density at radius 3 is 0.848 bits per heavy atom. The molecule has 0 radical (unpaired) electrons. The first-order valence-electron chi connectivity index (χ1n) is 31.2. The van der Waals surface area contributed by atoms with Gasteiger partial charge >= 0.3 is 6.18 Å². The van der Waals surface area contributed by atoms with E-state index < -0.39 is 11.7 Å². The number of alkyl halides is 3. The molecule has 0 aliphatic heterocycles. The molecule has 0 amide bonds. The van der Waals surface area contributed by atoms with Gasteiger partial charge in [0.15, 0.2) is 17.5 Å². The number of halogens is 3. The summed E-state index contributed by atoms with van der Waals surface area (Å²) in [6.07, 6.45) is -4.68. The fourth-order valence-corrected chi connectivity index (χ4v) is 14.0. The molecule has 15 rings (SSSR count). The zero-order valence-electron chi connectivity index (χ0n) is 52.5. The Labute approximate surface area is 533 Å². The second-order valence-corrected chi connectivity index (χ2v) is 25.1. The molecule has 0 bridgehead atoms. The van der Waals surface area contributed by atoms with E-state index in [1.54, 1.807) is 6.07 Å². The Morgan fingerprint density at radius 2 is 0.533 bits per heavy atom. The van der Waals surface area contributed by atoms with E-state index in [1.165, 1.54) is 34.4 Å². The van der Waals surface area contributed by atoms with Crippen molar-refractivity contribution in [1.29, 1.82) is 0 Å². The molecule has 0 saturated heterocycles. The minimum absolute atomic E-state index is 0.375. The fraction of sp³-hybridized carbons (Fsp3) is 0.107. The molecule has 0 N–H and O–H groups in total. The first-order valence-corrected chi connectivity index (χ1v) is 31.2. The van der Waals surface area contributed by atoms with Gasteiger partial charge in [-0.15, -0.1) is 0 Å². The summed E-state index contributed by atoms with van der Waals surface area (Å²) in [7, 11) is 0. The molecule has 0 saturated carbocycles. The summed E-state index contributed by atoms with van der Waals surface area (Å²) in [5.74, 6) is 1.45. The van der Waals surface area contributed by atoms with Gasteiger partial charge in [0.05, 0.1) is 39.0 Å². The van der Waals surface area contributed by atoms with Gasteiger partial charge in [-0.3, -0.25) is 0 Å². The maximum Gasteiger partial charge on any atom is 0.416 e. The van der Waals surface area contributed by atoms with E-state index >= 15 is 13.2 Å². The lowest BCUT2D eigenvalue weighted by atomic mass is 9.96. The summed E-state index contributed by atoms with van der Waals surface area (Å²) >= 11 is 0. The molecular weight excluding hydrogens is 1140 g/mol. The highest BCUT2D eigenvalue weighted by molar-refractivity contribution is 6.14. The zero-order chi connectivity index (χ0) is 63.3. The largest absolute Gasteiger partial charge is 0.416 e. The van der Waals surface area contributed by atoms with Crippen LogP contribution in [0.4, 0.5) is 13.2 Å². The van der Waals surface area contributed by atoms with Crippen molar-refractivity contribution in [3.8, 4) is 101 Å². The van der Waals surface area contributed by atoms with E-state index in [2.05, 4.69) is 212 Å². The maximum absolute atomic E-state index is 15.8. The topological polar surface area (TPSA) is 48.5 Å². The molecule has 446 valence electrons. The molecule has 12 aromatic carbocycles. The number of hydrogen-bond donors (Lipinski definition) is 0. The number of benzene rings is 12. The first kappa shape index (κ1) is 57.5. The lowest BCUT2D eigenvalue weighted by Gasteiger charge is -2.21. The third-order valence-electron chi connectivity index (χ3n) is 17.8. The van der Waals surface area contributed by atoms with E-state index in [9.17, 15) is 0 Å². The van der Waals surface area contributed by atoms with Crippen molar-refractivity contribution in [2.24, 2.45) is 0 Å². The van der Waals surface area contributed by atoms with Gasteiger partial charge in [0.25, 0.3) is 0 Å². The van der Waals surface area contributed by atoms with Crippen molar-refractivity contribution in [2.45, 2.75) is 61.6 Å². The average Bonchev–Trinajstić information content (AvgIpc) is 1.51. The number of hydrogen-bond acceptors (Lipinski definition) is 3. The number of aryl methyl sites for hydroxylation is 8. The normalized spacial score (nSPS) is 11.9. The first-order chi connectivity index (χ1) is 44.4. The fourth-order valence-electron chi connectivity index (χ4n) is 14.0. The number of fused-ring (bicyclic) bond motifs is 6. The Bertz CT molecular complexity index is 5120. The van der Waals surface area contributed by atoms with Crippen LogP contribution in [0.15, 0.2) is 243 Å². The molecule has 5 nitrogen and oxygen atoms in total. The van der Waals surface area contributed by atoms with Gasteiger partial charge in [0.2, 0.25) is 0 Å². The van der Waals surface area contributed by atoms with Gasteiger partial charge in [-0.1, -0.05) is 220 Å². The van der Waals surface area contributed by atoms with Crippen LogP contribution in [-0.2, 0) is 6.18 Å². The summed E-state index contributed by atoms with van der Waals surface area (Å²) in [5, 5.41) is 3.88. The third-order valence-corrected chi connectivity index (χ3v) is 17.8. The van der Waals surface area contributed by atoms with Crippen LogP contribution in [0.2, 0.25) is 0 Å². The summed E-state index contributed by atoms with van der Waals surface area (Å²) in [5.41, 5.74) is 25.1. The van der Waals surface area contributed by atoms with Crippen LogP contribution in [0.1, 0.15) is 50.1 Å². The maximum atomic E-state index is 15.8. The standard InChI is InChI=1S/C84H64F3N5/c1-49-31-50(2)36-64(35-49)59-20-27-75-71(43-59)72-44-60(65-37-51(3)32-52(4)38-65)21-28-76(72)91(75)79-47-63(83-89-81(57-15-11-9-12-16-57)88-82(90-83)58-17-13-10-14-18-58)19-25-69(79)70-26-24-68(84(85,86)87)48-80(70)92-77-29-22-61(66-39-53(5)33-54(6)40-66)45-73(77)74-46-62(23-30-78(74)92)67-41-55(7)34-56(8)42-67/h9-48H,1-8H3. The van der Waals surface area contributed by atoms with Crippen LogP contribution in [0.25, 0.3) is 145 Å².